The SMILES string of the molecule is CC1(C)S[C@@H]2C(N=Cc3ccccc3Cl)C(=O)N2[C@H]1C(=O)OC(c1ccccc1)c1ccccc1. The lowest BCUT2D eigenvalue weighted by molar-refractivity contribution is -0.165. The number of fused-ring (bicyclic) bond motifs is 1. The van der Waals surface area contributed by atoms with Crippen molar-refractivity contribution in [3.63, 3.8) is 0 Å². The van der Waals surface area contributed by atoms with Crippen LogP contribution < -0.4 is 0 Å². The van der Waals surface area contributed by atoms with Gasteiger partial charge in [0.2, 0.25) is 0 Å². The largest absolute Gasteiger partial charge is 0.451 e. The molecule has 5 rings (SSSR count). The summed E-state index contributed by atoms with van der Waals surface area (Å²) in [7, 11) is 0. The number of rotatable bonds is 6. The Hall–Kier alpha value is -3.09. The molecule has 0 spiro atoms. The van der Waals surface area contributed by atoms with Gasteiger partial charge in [-0.15, -0.1) is 11.8 Å². The van der Waals surface area contributed by atoms with Crippen LogP contribution in [0.25, 0.3) is 0 Å². The number of carbonyl (C=O) groups excluding carboxylic acids is 2. The maximum atomic E-state index is 13.6. The number of carbonyl (C=O) groups is 2. The number of hydrogen-bond donors (Lipinski definition) is 0. The second-order valence-electron chi connectivity index (χ2n) is 9.14. The Bertz CT molecular complexity index is 1230. The normalized spacial score (nSPS) is 22.8. The van der Waals surface area contributed by atoms with Gasteiger partial charge < -0.3 is 9.64 Å². The molecule has 0 bridgehead atoms. The van der Waals surface area contributed by atoms with Gasteiger partial charge in [-0.05, 0) is 31.0 Å². The molecule has 1 amide bonds. The van der Waals surface area contributed by atoms with Gasteiger partial charge >= 0.3 is 5.97 Å². The van der Waals surface area contributed by atoms with Crippen LogP contribution in [0, 0.1) is 0 Å². The minimum Gasteiger partial charge on any atom is -0.451 e. The van der Waals surface area contributed by atoms with Gasteiger partial charge in [-0.2, -0.15) is 0 Å². The third-order valence-corrected chi connectivity index (χ3v) is 8.26. The molecule has 2 saturated heterocycles. The summed E-state index contributed by atoms with van der Waals surface area (Å²) < 4.78 is 5.60. The van der Waals surface area contributed by atoms with Crippen molar-refractivity contribution >= 4 is 41.5 Å². The van der Waals surface area contributed by atoms with E-state index in [1.807, 2.05) is 92.7 Å². The molecule has 0 aliphatic carbocycles. The van der Waals surface area contributed by atoms with E-state index < -0.39 is 28.9 Å². The molecular formula is C28H25ClN2O3S. The summed E-state index contributed by atoms with van der Waals surface area (Å²) in [5.74, 6) is -0.584. The number of amides is 1. The molecule has 0 aromatic heterocycles. The maximum Gasteiger partial charge on any atom is 0.331 e. The predicted octanol–water partition coefficient (Wildman–Crippen LogP) is 5.52. The lowest BCUT2D eigenvalue weighted by Gasteiger charge is -2.42. The topological polar surface area (TPSA) is 59.0 Å². The first-order chi connectivity index (χ1) is 16.9. The third kappa shape index (κ3) is 4.48. The Morgan fingerprint density at radius 2 is 1.57 bits per heavy atom. The molecule has 1 unspecified atom stereocenters. The first-order valence-corrected chi connectivity index (χ1v) is 12.7. The zero-order valence-electron chi connectivity index (χ0n) is 19.4. The molecule has 2 aliphatic rings. The first-order valence-electron chi connectivity index (χ1n) is 11.4. The fourth-order valence-electron chi connectivity index (χ4n) is 4.62. The van der Waals surface area contributed by atoms with Gasteiger partial charge in [0.05, 0.1) is 0 Å². The summed E-state index contributed by atoms with van der Waals surface area (Å²) in [4.78, 5) is 32.9. The molecular weight excluding hydrogens is 480 g/mol. The summed E-state index contributed by atoms with van der Waals surface area (Å²) in [5.41, 5.74) is 2.51. The van der Waals surface area contributed by atoms with Crippen LogP contribution in [0.2, 0.25) is 5.02 Å². The monoisotopic (exact) mass is 504 g/mol. The second kappa shape index (κ2) is 9.51. The zero-order valence-corrected chi connectivity index (χ0v) is 20.9. The molecule has 0 radical (unpaired) electrons. The van der Waals surface area contributed by atoms with Crippen molar-refractivity contribution in [2.24, 2.45) is 4.99 Å². The second-order valence-corrected chi connectivity index (χ2v) is 11.3. The van der Waals surface area contributed by atoms with Crippen LogP contribution in [0.15, 0.2) is 89.9 Å². The van der Waals surface area contributed by atoms with Crippen molar-refractivity contribution in [3.8, 4) is 0 Å². The summed E-state index contributed by atoms with van der Waals surface area (Å²) in [6.45, 7) is 3.95. The van der Waals surface area contributed by atoms with E-state index in [9.17, 15) is 9.59 Å². The van der Waals surface area contributed by atoms with Gasteiger partial charge in [0.15, 0.2) is 12.1 Å². The van der Waals surface area contributed by atoms with Gasteiger partial charge in [-0.3, -0.25) is 9.79 Å². The number of ether oxygens (including phenoxy) is 1. The Balaban J connectivity index is 1.37. The lowest BCUT2D eigenvalue weighted by Crippen LogP contribution is -2.65. The van der Waals surface area contributed by atoms with Crippen LogP contribution in [0.1, 0.15) is 36.6 Å². The van der Waals surface area contributed by atoms with Gasteiger partial charge in [-0.25, -0.2) is 4.79 Å². The molecule has 2 heterocycles. The molecule has 7 heteroatoms. The Labute approximate surface area is 214 Å². The van der Waals surface area contributed by atoms with E-state index in [0.717, 1.165) is 16.7 Å². The van der Waals surface area contributed by atoms with E-state index >= 15 is 0 Å². The fraction of sp³-hybridized carbons (Fsp3) is 0.250. The maximum absolute atomic E-state index is 13.6. The standard InChI is InChI=1S/C28H25ClN2O3S/c1-28(2)24(27(33)34-23(18-11-5-3-6-12-18)19-13-7-4-8-14-19)31-25(32)22(26(31)35-28)30-17-20-15-9-10-16-21(20)29/h3-17,22-24,26H,1-2H3/t22?,24-,26+/m0/s1. The smallest absolute Gasteiger partial charge is 0.331 e. The number of esters is 1. The fourth-order valence-corrected chi connectivity index (χ4v) is 6.42. The summed E-state index contributed by atoms with van der Waals surface area (Å²) in [5, 5.41) is 0.356. The Kier molecular flexibility index (Phi) is 6.43. The van der Waals surface area contributed by atoms with Gasteiger partial charge in [0, 0.05) is 21.5 Å². The molecule has 0 saturated carbocycles. The predicted molar refractivity (Wildman–Crippen MR) is 140 cm³/mol. The molecule has 3 atom stereocenters. The molecule has 178 valence electrons. The highest BCUT2D eigenvalue weighted by molar-refractivity contribution is 8.01. The molecule has 35 heavy (non-hydrogen) atoms. The molecule has 2 fully saturated rings. The van der Waals surface area contributed by atoms with Crippen molar-refractivity contribution in [3.05, 3.63) is 107 Å². The van der Waals surface area contributed by atoms with Crippen molar-refractivity contribution in [1.29, 1.82) is 0 Å². The molecule has 0 N–H and O–H groups in total. The van der Waals surface area contributed by atoms with Crippen molar-refractivity contribution < 1.29 is 14.3 Å². The highest BCUT2D eigenvalue weighted by Crippen LogP contribution is 2.52. The van der Waals surface area contributed by atoms with E-state index in [-0.39, 0.29) is 11.3 Å². The van der Waals surface area contributed by atoms with Crippen LogP contribution in [0.4, 0.5) is 0 Å². The van der Waals surface area contributed by atoms with Crippen LogP contribution in [0.5, 0.6) is 0 Å². The van der Waals surface area contributed by atoms with E-state index in [0.29, 0.717) is 5.02 Å². The van der Waals surface area contributed by atoms with Crippen LogP contribution in [0.3, 0.4) is 0 Å². The van der Waals surface area contributed by atoms with E-state index in [1.165, 1.54) is 0 Å². The molecule has 3 aromatic rings. The van der Waals surface area contributed by atoms with Crippen LogP contribution in [-0.4, -0.2) is 45.2 Å². The number of β-lactam (4-membered cyclic amide) rings is 1. The van der Waals surface area contributed by atoms with Crippen LogP contribution in [-0.2, 0) is 14.3 Å². The summed E-state index contributed by atoms with van der Waals surface area (Å²) in [6, 6.07) is 25.4. The molecule has 5 nitrogen and oxygen atoms in total. The van der Waals surface area contributed by atoms with E-state index in [1.54, 1.807) is 28.9 Å². The van der Waals surface area contributed by atoms with Gasteiger partial charge in [0.1, 0.15) is 11.4 Å². The number of aliphatic imine (C=N–C) groups is 1. The first kappa shape index (κ1) is 23.6. The highest BCUT2D eigenvalue weighted by atomic mass is 35.5. The molecule has 2 aliphatic heterocycles. The number of thioether (sulfide) groups is 1. The van der Waals surface area contributed by atoms with Gasteiger partial charge in [0.25, 0.3) is 5.91 Å². The quantitative estimate of drug-likeness (QED) is 0.252. The summed E-state index contributed by atoms with van der Waals surface area (Å²) >= 11 is 7.80. The number of benzene rings is 3. The van der Waals surface area contributed by atoms with Crippen LogP contribution >= 0.6 is 23.4 Å². The van der Waals surface area contributed by atoms with E-state index in [4.69, 9.17) is 16.3 Å². The average molecular weight is 505 g/mol. The zero-order chi connectivity index (χ0) is 24.6. The number of hydrogen-bond acceptors (Lipinski definition) is 5. The van der Waals surface area contributed by atoms with Gasteiger partial charge in [-0.1, -0.05) is 90.5 Å². The van der Waals surface area contributed by atoms with Crippen molar-refractivity contribution in [2.45, 2.75) is 42.2 Å². The minimum atomic E-state index is -0.702. The van der Waals surface area contributed by atoms with Crippen molar-refractivity contribution in [1.82, 2.24) is 4.90 Å². The molecule has 3 aromatic carbocycles. The minimum absolute atomic E-state index is 0.172. The average Bonchev–Trinajstić information content (AvgIpc) is 3.12. The Morgan fingerprint density at radius 3 is 2.17 bits per heavy atom. The third-order valence-electron chi connectivity index (χ3n) is 6.35. The Morgan fingerprint density at radius 1 is 1.00 bits per heavy atom. The lowest BCUT2D eigenvalue weighted by atomic mass is 9.95. The van der Waals surface area contributed by atoms with Crippen molar-refractivity contribution in [2.75, 3.05) is 0 Å². The highest BCUT2D eigenvalue weighted by Gasteiger charge is 2.64. The summed E-state index contributed by atoms with van der Waals surface area (Å²) in [6.07, 6.45) is 1.08. The number of nitrogens with zero attached hydrogens (tertiary/aromatic N) is 2. The number of halogens is 1. The van der Waals surface area contributed by atoms with E-state index in [2.05, 4.69) is 4.99 Å².